The van der Waals surface area contributed by atoms with Gasteiger partial charge in [-0.05, 0) is 34.5 Å². The zero-order chi connectivity index (χ0) is 16.4. The van der Waals surface area contributed by atoms with Gasteiger partial charge in [-0.2, -0.15) is 5.26 Å². The van der Waals surface area contributed by atoms with Crippen LogP contribution in [0.3, 0.4) is 0 Å². The summed E-state index contributed by atoms with van der Waals surface area (Å²) in [5.41, 5.74) is 2.53. The number of aryl methyl sites for hydroxylation is 1. The van der Waals surface area contributed by atoms with Crippen molar-refractivity contribution >= 4 is 21.5 Å². The van der Waals surface area contributed by atoms with E-state index >= 15 is 0 Å². The summed E-state index contributed by atoms with van der Waals surface area (Å²) in [6.45, 7) is 2.01. The van der Waals surface area contributed by atoms with Crippen molar-refractivity contribution in [2.45, 2.75) is 12.6 Å². The third kappa shape index (κ3) is 2.94. The number of allylic oxidation sites excluding steroid dienone is 2. The Bertz CT molecular complexity index is 832. The molecule has 0 saturated carbocycles. The zero-order valence-corrected chi connectivity index (χ0v) is 14.1. The maximum atomic E-state index is 11.1. The van der Waals surface area contributed by atoms with Crippen LogP contribution in [0.4, 0.5) is 0 Å². The van der Waals surface area contributed by atoms with E-state index in [0.29, 0.717) is 21.3 Å². The molecule has 1 aliphatic heterocycles. The summed E-state index contributed by atoms with van der Waals surface area (Å²) in [4.78, 5) is 0. The lowest BCUT2D eigenvalue weighted by molar-refractivity contribution is 0.0647. The molecular formula is C19H15BrN2O. The number of nitrogens with one attached hydrogen (secondary N) is 1. The van der Waals surface area contributed by atoms with Gasteiger partial charge in [-0.3, -0.25) is 0 Å². The number of hydrogen-bond acceptors (Lipinski definition) is 3. The number of nitriles is 1. The number of hydrogen-bond donors (Lipinski definition) is 2. The fraction of sp³-hybridized carbons (Fsp3) is 0.105. The van der Waals surface area contributed by atoms with E-state index in [1.807, 2.05) is 61.5 Å². The molecule has 3 rings (SSSR count). The Labute approximate surface area is 143 Å². The highest BCUT2D eigenvalue weighted by Gasteiger charge is 2.33. The first-order valence-corrected chi connectivity index (χ1v) is 7.99. The van der Waals surface area contributed by atoms with Crippen LogP contribution in [0, 0.1) is 18.3 Å². The first-order chi connectivity index (χ1) is 11.0. The van der Waals surface area contributed by atoms with Crippen molar-refractivity contribution in [1.82, 2.24) is 5.32 Å². The van der Waals surface area contributed by atoms with E-state index in [0.717, 1.165) is 11.1 Å². The molecular weight excluding hydrogens is 352 g/mol. The van der Waals surface area contributed by atoms with Gasteiger partial charge in [-0.15, -0.1) is 0 Å². The predicted molar refractivity (Wildman–Crippen MR) is 94.2 cm³/mol. The van der Waals surface area contributed by atoms with Crippen LogP contribution in [0.15, 0.2) is 70.9 Å². The minimum atomic E-state index is -1.37. The third-order valence-electron chi connectivity index (χ3n) is 3.83. The van der Waals surface area contributed by atoms with Gasteiger partial charge in [0.2, 0.25) is 0 Å². The normalized spacial score (nSPS) is 20.5. The lowest BCUT2D eigenvalue weighted by atomic mass is 9.90. The van der Waals surface area contributed by atoms with Crippen molar-refractivity contribution in [3.8, 4) is 6.07 Å². The number of rotatable bonds is 2. The fourth-order valence-corrected chi connectivity index (χ4v) is 3.19. The smallest absolute Gasteiger partial charge is 0.183 e. The Morgan fingerprint density at radius 2 is 1.74 bits per heavy atom. The van der Waals surface area contributed by atoms with Crippen molar-refractivity contribution in [2.24, 2.45) is 0 Å². The van der Waals surface area contributed by atoms with Crippen LogP contribution >= 0.6 is 15.9 Å². The lowest BCUT2D eigenvalue weighted by Gasteiger charge is -2.32. The fourth-order valence-electron chi connectivity index (χ4n) is 2.58. The Morgan fingerprint density at radius 3 is 2.35 bits per heavy atom. The largest absolute Gasteiger partial charge is 0.364 e. The summed E-state index contributed by atoms with van der Waals surface area (Å²) in [5, 5.41) is 23.5. The number of aliphatic hydroxyl groups is 1. The molecule has 23 heavy (non-hydrogen) atoms. The van der Waals surface area contributed by atoms with Crippen molar-refractivity contribution in [2.75, 3.05) is 0 Å². The van der Waals surface area contributed by atoms with E-state index in [1.54, 1.807) is 6.08 Å². The minimum absolute atomic E-state index is 0.467. The van der Waals surface area contributed by atoms with E-state index in [2.05, 4.69) is 27.3 Å². The second-order valence-corrected chi connectivity index (χ2v) is 6.28. The molecule has 2 N–H and O–H groups in total. The molecule has 1 unspecified atom stereocenters. The van der Waals surface area contributed by atoms with Crippen molar-refractivity contribution < 1.29 is 5.11 Å². The molecule has 0 aromatic heterocycles. The third-order valence-corrected chi connectivity index (χ3v) is 4.43. The second-order valence-electron chi connectivity index (χ2n) is 5.48. The highest BCUT2D eigenvalue weighted by atomic mass is 79.9. The van der Waals surface area contributed by atoms with Crippen LogP contribution in [-0.4, -0.2) is 5.11 Å². The van der Waals surface area contributed by atoms with Crippen LogP contribution in [0.2, 0.25) is 0 Å². The van der Waals surface area contributed by atoms with Crippen LogP contribution in [-0.2, 0) is 5.72 Å². The van der Waals surface area contributed by atoms with Crippen LogP contribution in [0.5, 0.6) is 0 Å². The van der Waals surface area contributed by atoms with Gasteiger partial charge in [0.05, 0.1) is 10.2 Å². The van der Waals surface area contributed by atoms with Gasteiger partial charge in [0, 0.05) is 11.1 Å². The zero-order valence-electron chi connectivity index (χ0n) is 12.5. The molecule has 2 aromatic rings. The maximum Gasteiger partial charge on any atom is 0.183 e. The lowest BCUT2D eigenvalue weighted by Crippen LogP contribution is -2.41. The summed E-state index contributed by atoms with van der Waals surface area (Å²) in [7, 11) is 0. The number of benzene rings is 2. The molecule has 1 heterocycles. The summed E-state index contributed by atoms with van der Waals surface area (Å²) in [6.07, 6.45) is 1.69. The van der Waals surface area contributed by atoms with Gasteiger partial charge in [0.1, 0.15) is 6.07 Å². The van der Waals surface area contributed by atoms with Crippen LogP contribution < -0.4 is 5.32 Å². The number of dihydropyridines is 1. The quantitative estimate of drug-likeness (QED) is 0.791. The van der Waals surface area contributed by atoms with E-state index in [4.69, 9.17) is 0 Å². The summed E-state index contributed by atoms with van der Waals surface area (Å²) >= 11 is 3.39. The molecule has 114 valence electrons. The summed E-state index contributed by atoms with van der Waals surface area (Å²) < 4.78 is 0.476. The monoisotopic (exact) mass is 366 g/mol. The highest BCUT2D eigenvalue weighted by Crippen LogP contribution is 2.37. The van der Waals surface area contributed by atoms with Crippen LogP contribution in [0.25, 0.3) is 5.57 Å². The minimum Gasteiger partial charge on any atom is -0.364 e. The second kappa shape index (κ2) is 6.04. The predicted octanol–water partition coefficient (Wildman–Crippen LogP) is 3.96. The summed E-state index contributed by atoms with van der Waals surface area (Å²) in [6, 6.07) is 19.4. The average Bonchev–Trinajstić information content (AvgIpc) is 2.56. The standard InChI is InChI=1S/C19H15BrN2O/c1-13-7-9-14(10-8-13)16-11-19(23,15-5-3-2-4-6-15)22-18(20)17(16)12-21/h2-11,22-23H,1H3. The molecule has 0 aliphatic carbocycles. The van der Waals surface area contributed by atoms with Crippen molar-refractivity contribution in [1.29, 1.82) is 5.26 Å². The molecule has 0 bridgehead atoms. The van der Waals surface area contributed by atoms with Gasteiger partial charge >= 0.3 is 0 Å². The van der Waals surface area contributed by atoms with Gasteiger partial charge in [-0.1, -0.05) is 60.2 Å². The first kappa shape index (κ1) is 15.5. The van der Waals surface area contributed by atoms with Gasteiger partial charge < -0.3 is 10.4 Å². The highest BCUT2D eigenvalue weighted by molar-refractivity contribution is 9.11. The Hall–Kier alpha value is -2.35. The van der Waals surface area contributed by atoms with E-state index in [-0.39, 0.29) is 0 Å². The van der Waals surface area contributed by atoms with Gasteiger partial charge in [-0.25, -0.2) is 0 Å². The molecule has 0 spiro atoms. The molecule has 3 nitrogen and oxygen atoms in total. The van der Waals surface area contributed by atoms with E-state index in [9.17, 15) is 10.4 Å². The van der Waals surface area contributed by atoms with E-state index in [1.165, 1.54) is 0 Å². The topological polar surface area (TPSA) is 56.0 Å². The molecule has 1 aliphatic rings. The Morgan fingerprint density at radius 1 is 1.09 bits per heavy atom. The van der Waals surface area contributed by atoms with Crippen molar-refractivity contribution in [3.63, 3.8) is 0 Å². The molecule has 1 atom stereocenters. The average molecular weight is 367 g/mol. The maximum absolute atomic E-state index is 11.1. The molecule has 0 amide bonds. The molecule has 0 fully saturated rings. The molecule has 0 radical (unpaired) electrons. The van der Waals surface area contributed by atoms with E-state index < -0.39 is 5.72 Å². The first-order valence-electron chi connectivity index (χ1n) is 7.20. The summed E-state index contributed by atoms with van der Waals surface area (Å²) in [5.74, 6) is 0. The van der Waals surface area contributed by atoms with Crippen molar-refractivity contribution in [3.05, 3.63) is 87.5 Å². The SMILES string of the molecule is Cc1ccc(C2=CC(O)(c3ccccc3)NC(Br)=C2C#N)cc1. The molecule has 4 heteroatoms. The molecule has 0 saturated heterocycles. The number of nitrogens with zero attached hydrogens (tertiary/aromatic N) is 1. The Kier molecular flexibility index (Phi) is 4.08. The molecule has 2 aromatic carbocycles. The van der Waals surface area contributed by atoms with Gasteiger partial charge in [0.25, 0.3) is 0 Å². The number of halogens is 1. The Balaban J connectivity index is 2.16. The van der Waals surface area contributed by atoms with Gasteiger partial charge in [0.15, 0.2) is 5.72 Å². The van der Waals surface area contributed by atoms with Crippen LogP contribution in [0.1, 0.15) is 16.7 Å².